The first-order chi connectivity index (χ1) is 10.1. The fraction of sp³-hybridized carbons (Fsp3) is 0.333. The molecule has 2 aromatic rings. The molecule has 0 spiro atoms. The van der Waals surface area contributed by atoms with E-state index in [1.54, 1.807) is 24.3 Å². The zero-order valence-corrected chi connectivity index (χ0v) is 12.6. The van der Waals surface area contributed by atoms with Crippen LogP contribution in [0.3, 0.4) is 0 Å². The minimum absolute atomic E-state index is 0.205. The topological polar surface area (TPSA) is 81.1 Å². The number of hydrogen-bond donors (Lipinski definition) is 2. The number of aromatic nitrogens is 1. The highest BCUT2D eigenvalue weighted by atomic mass is 35.5. The second-order valence-electron chi connectivity index (χ2n) is 4.78. The van der Waals surface area contributed by atoms with E-state index in [0.29, 0.717) is 16.6 Å². The third kappa shape index (κ3) is 4.31. The maximum absolute atomic E-state index is 12.1. The fourth-order valence-corrected chi connectivity index (χ4v) is 2.06. The lowest BCUT2D eigenvalue weighted by atomic mass is 10.1. The molecule has 3 N–H and O–H groups in total. The number of unbranched alkanes of at least 4 members (excludes halogenated alkanes) is 1. The molecule has 21 heavy (non-hydrogen) atoms. The van der Waals surface area contributed by atoms with Crippen molar-refractivity contribution in [1.29, 1.82) is 0 Å². The first-order valence-corrected chi connectivity index (χ1v) is 7.26. The number of carbonyl (C=O) groups is 1. The van der Waals surface area contributed by atoms with E-state index >= 15 is 0 Å². The smallest absolute Gasteiger partial charge is 0.277 e. The van der Waals surface area contributed by atoms with Gasteiger partial charge < -0.3 is 15.5 Å². The predicted octanol–water partition coefficient (Wildman–Crippen LogP) is 3.77. The zero-order chi connectivity index (χ0) is 15.2. The van der Waals surface area contributed by atoms with Crippen molar-refractivity contribution in [3.63, 3.8) is 0 Å². The molecule has 2 rings (SSSR count). The van der Waals surface area contributed by atoms with Crippen molar-refractivity contribution in [2.75, 3.05) is 5.32 Å². The first-order valence-electron chi connectivity index (χ1n) is 6.88. The maximum Gasteiger partial charge on any atom is 0.277 e. The SMILES string of the molecule is CCCCC(N)c1nc(C(=O)Nc2cccc(Cl)c2)co1. The molecule has 1 aromatic carbocycles. The summed E-state index contributed by atoms with van der Waals surface area (Å²) in [6, 6.07) is 6.62. The molecular weight excluding hydrogens is 290 g/mol. The molecule has 6 heteroatoms. The van der Waals surface area contributed by atoms with Crippen LogP contribution in [0.25, 0.3) is 0 Å². The van der Waals surface area contributed by atoms with Gasteiger partial charge in [0.05, 0.1) is 6.04 Å². The second kappa shape index (κ2) is 7.24. The van der Waals surface area contributed by atoms with Crippen LogP contribution in [-0.2, 0) is 0 Å². The number of hydrogen-bond acceptors (Lipinski definition) is 4. The number of benzene rings is 1. The van der Waals surface area contributed by atoms with Crippen molar-refractivity contribution in [1.82, 2.24) is 4.98 Å². The van der Waals surface area contributed by atoms with Crippen LogP contribution in [-0.4, -0.2) is 10.9 Å². The largest absolute Gasteiger partial charge is 0.446 e. The summed E-state index contributed by atoms with van der Waals surface area (Å²) in [6.45, 7) is 2.09. The van der Waals surface area contributed by atoms with Gasteiger partial charge in [-0.2, -0.15) is 0 Å². The van der Waals surface area contributed by atoms with Gasteiger partial charge in [-0.05, 0) is 24.6 Å². The summed E-state index contributed by atoms with van der Waals surface area (Å²) in [5.74, 6) is 0.0367. The number of nitrogens with zero attached hydrogens (tertiary/aromatic N) is 1. The molecule has 1 atom stereocenters. The van der Waals surface area contributed by atoms with Crippen LogP contribution in [0.15, 0.2) is 34.9 Å². The van der Waals surface area contributed by atoms with Crippen LogP contribution >= 0.6 is 11.6 Å². The van der Waals surface area contributed by atoms with E-state index in [4.69, 9.17) is 21.8 Å². The molecule has 0 saturated carbocycles. The quantitative estimate of drug-likeness (QED) is 0.851. The van der Waals surface area contributed by atoms with Gasteiger partial charge in [-0.15, -0.1) is 0 Å². The Hall–Kier alpha value is -1.85. The summed E-state index contributed by atoms with van der Waals surface area (Å²) >= 11 is 5.87. The minimum Gasteiger partial charge on any atom is -0.446 e. The summed E-state index contributed by atoms with van der Waals surface area (Å²) in [5, 5.41) is 3.26. The predicted molar refractivity (Wildman–Crippen MR) is 82.4 cm³/mol. The van der Waals surface area contributed by atoms with E-state index in [1.165, 1.54) is 6.26 Å². The number of nitrogens with two attached hydrogens (primary N) is 1. The number of amides is 1. The lowest BCUT2D eigenvalue weighted by molar-refractivity contribution is 0.102. The summed E-state index contributed by atoms with van der Waals surface area (Å²) in [5.41, 5.74) is 6.77. The minimum atomic E-state index is -0.352. The van der Waals surface area contributed by atoms with Crippen molar-refractivity contribution in [3.05, 3.63) is 47.1 Å². The van der Waals surface area contributed by atoms with Crippen LogP contribution in [0.4, 0.5) is 5.69 Å². The number of carbonyl (C=O) groups excluding carboxylic acids is 1. The number of halogens is 1. The molecule has 1 amide bonds. The first kappa shape index (κ1) is 15.5. The standard InChI is InChI=1S/C15H18ClN3O2/c1-2-3-7-12(17)15-19-13(9-21-15)14(20)18-11-6-4-5-10(16)8-11/h4-6,8-9,12H,2-3,7,17H2,1H3,(H,18,20). The van der Waals surface area contributed by atoms with Gasteiger partial charge in [-0.1, -0.05) is 37.4 Å². The van der Waals surface area contributed by atoms with Gasteiger partial charge in [0, 0.05) is 10.7 Å². The molecule has 0 fully saturated rings. The Labute approximate surface area is 128 Å². The van der Waals surface area contributed by atoms with Crippen molar-refractivity contribution in [3.8, 4) is 0 Å². The average molecular weight is 308 g/mol. The monoisotopic (exact) mass is 307 g/mol. The van der Waals surface area contributed by atoms with Gasteiger partial charge in [0.15, 0.2) is 5.69 Å². The third-order valence-electron chi connectivity index (χ3n) is 3.02. The van der Waals surface area contributed by atoms with Crippen molar-refractivity contribution in [2.24, 2.45) is 5.73 Å². The van der Waals surface area contributed by atoms with Gasteiger partial charge in [0.25, 0.3) is 5.91 Å². The van der Waals surface area contributed by atoms with Crippen LogP contribution < -0.4 is 11.1 Å². The Morgan fingerprint density at radius 3 is 3.05 bits per heavy atom. The Balaban J connectivity index is 2.02. The van der Waals surface area contributed by atoms with Crippen LogP contribution in [0.1, 0.15) is 48.6 Å². The summed E-state index contributed by atoms with van der Waals surface area (Å²) in [7, 11) is 0. The van der Waals surface area contributed by atoms with Crippen molar-refractivity contribution >= 4 is 23.2 Å². The molecule has 1 heterocycles. The number of rotatable bonds is 6. The van der Waals surface area contributed by atoms with E-state index in [1.807, 2.05) is 0 Å². The van der Waals surface area contributed by atoms with E-state index in [2.05, 4.69) is 17.2 Å². The third-order valence-corrected chi connectivity index (χ3v) is 3.26. The number of anilines is 1. The van der Waals surface area contributed by atoms with Crippen LogP contribution in [0, 0.1) is 0 Å². The molecule has 0 aliphatic heterocycles. The number of nitrogens with one attached hydrogen (secondary N) is 1. The van der Waals surface area contributed by atoms with Gasteiger partial charge in [-0.25, -0.2) is 4.98 Å². The van der Waals surface area contributed by atoms with E-state index in [0.717, 1.165) is 19.3 Å². The van der Waals surface area contributed by atoms with Gasteiger partial charge in [0.2, 0.25) is 5.89 Å². The summed E-state index contributed by atoms with van der Waals surface area (Å²) < 4.78 is 5.28. The molecule has 1 aromatic heterocycles. The normalized spacial score (nSPS) is 12.1. The highest BCUT2D eigenvalue weighted by molar-refractivity contribution is 6.30. The highest BCUT2D eigenvalue weighted by Gasteiger charge is 2.16. The van der Waals surface area contributed by atoms with Crippen molar-refractivity contribution in [2.45, 2.75) is 32.2 Å². The summed E-state index contributed by atoms with van der Waals surface area (Å²) in [6.07, 6.45) is 4.15. The lowest BCUT2D eigenvalue weighted by Crippen LogP contribution is -2.14. The molecule has 0 aliphatic rings. The van der Waals surface area contributed by atoms with E-state index < -0.39 is 0 Å². The summed E-state index contributed by atoms with van der Waals surface area (Å²) in [4.78, 5) is 16.2. The molecular formula is C15H18ClN3O2. The highest BCUT2D eigenvalue weighted by Crippen LogP contribution is 2.18. The maximum atomic E-state index is 12.1. The molecule has 0 bridgehead atoms. The zero-order valence-electron chi connectivity index (χ0n) is 11.8. The molecule has 0 radical (unpaired) electrons. The van der Waals surface area contributed by atoms with E-state index in [9.17, 15) is 4.79 Å². The Kier molecular flexibility index (Phi) is 5.36. The van der Waals surface area contributed by atoms with Crippen LogP contribution in [0.2, 0.25) is 5.02 Å². The Morgan fingerprint density at radius 2 is 2.33 bits per heavy atom. The molecule has 0 aliphatic carbocycles. The van der Waals surface area contributed by atoms with Crippen molar-refractivity contribution < 1.29 is 9.21 Å². The second-order valence-corrected chi connectivity index (χ2v) is 5.22. The fourth-order valence-electron chi connectivity index (χ4n) is 1.87. The molecule has 1 unspecified atom stereocenters. The molecule has 112 valence electrons. The lowest BCUT2D eigenvalue weighted by Gasteiger charge is -2.05. The Morgan fingerprint density at radius 1 is 1.52 bits per heavy atom. The van der Waals surface area contributed by atoms with Crippen LogP contribution in [0.5, 0.6) is 0 Å². The van der Waals surface area contributed by atoms with Gasteiger partial charge in [-0.3, -0.25) is 4.79 Å². The molecule has 0 saturated heterocycles. The number of oxazole rings is 1. The molecule has 5 nitrogen and oxygen atoms in total. The average Bonchev–Trinajstić information content (AvgIpc) is 2.94. The van der Waals surface area contributed by atoms with Gasteiger partial charge in [0.1, 0.15) is 6.26 Å². The Bertz CT molecular complexity index is 612. The van der Waals surface area contributed by atoms with Gasteiger partial charge >= 0.3 is 0 Å². The van der Waals surface area contributed by atoms with E-state index in [-0.39, 0.29) is 17.6 Å².